The molecule has 0 aliphatic rings. The van der Waals surface area contributed by atoms with Crippen molar-refractivity contribution in [3.63, 3.8) is 0 Å². The van der Waals surface area contributed by atoms with E-state index >= 15 is 0 Å². The lowest BCUT2D eigenvalue weighted by Crippen LogP contribution is -2.29. The molecule has 0 fully saturated rings. The molecule has 1 amide bonds. The number of carbonyl (C=O) groups excluding carboxylic acids is 1. The summed E-state index contributed by atoms with van der Waals surface area (Å²) in [4.78, 5) is 19.5. The van der Waals surface area contributed by atoms with Crippen LogP contribution in [0, 0.1) is 5.92 Å². The van der Waals surface area contributed by atoms with E-state index in [1.54, 1.807) is 12.3 Å². The number of nitrogens with one attached hydrogen (secondary N) is 1. The minimum atomic E-state index is 0.00499. The summed E-state index contributed by atoms with van der Waals surface area (Å²) < 4.78 is 0. The molecule has 1 atom stereocenters. The molecule has 0 aliphatic heterocycles. The van der Waals surface area contributed by atoms with Crippen molar-refractivity contribution in [1.82, 2.24) is 15.3 Å². The van der Waals surface area contributed by atoms with Crippen molar-refractivity contribution < 1.29 is 4.79 Å². The van der Waals surface area contributed by atoms with E-state index in [-0.39, 0.29) is 11.8 Å². The average Bonchev–Trinajstić information content (AvgIpc) is 2.34. The van der Waals surface area contributed by atoms with E-state index in [9.17, 15) is 4.79 Å². The molecule has 0 bridgehead atoms. The van der Waals surface area contributed by atoms with Crippen molar-refractivity contribution in [3.05, 3.63) is 24.3 Å². The topological polar surface area (TPSA) is 80.9 Å². The third-order valence-corrected chi connectivity index (χ3v) is 2.38. The van der Waals surface area contributed by atoms with E-state index in [2.05, 4.69) is 15.3 Å². The Hall–Kier alpha value is -1.49. The van der Waals surface area contributed by atoms with Gasteiger partial charge in [-0.2, -0.15) is 0 Å². The molecule has 88 valence electrons. The van der Waals surface area contributed by atoms with Crippen LogP contribution in [0.15, 0.2) is 18.6 Å². The highest BCUT2D eigenvalue weighted by Gasteiger charge is 2.11. The van der Waals surface area contributed by atoms with Crippen LogP contribution >= 0.6 is 0 Å². The first-order chi connectivity index (χ1) is 7.74. The summed E-state index contributed by atoms with van der Waals surface area (Å²) in [6.45, 7) is 2.99. The Bertz CT molecular complexity index is 315. The van der Waals surface area contributed by atoms with Gasteiger partial charge >= 0.3 is 0 Å². The Morgan fingerprint density at radius 1 is 1.62 bits per heavy atom. The molecule has 16 heavy (non-hydrogen) atoms. The molecule has 0 spiro atoms. The third kappa shape index (κ3) is 4.35. The maximum atomic E-state index is 11.6. The molecule has 5 nitrogen and oxygen atoms in total. The number of hydrogen-bond donors (Lipinski definition) is 2. The molecule has 0 aliphatic carbocycles. The minimum Gasteiger partial charge on any atom is -0.350 e. The van der Waals surface area contributed by atoms with Crippen molar-refractivity contribution >= 4 is 5.91 Å². The quantitative estimate of drug-likeness (QED) is 0.733. The van der Waals surface area contributed by atoms with Crippen LogP contribution in [0.5, 0.6) is 0 Å². The Labute approximate surface area is 95.5 Å². The summed E-state index contributed by atoms with van der Waals surface area (Å²) in [5.74, 6) is 0.0532. The standard InChI is InChI=1S/C11H18N4O/c1-9(3-2-5-12)11(16)14-7-10-4-6-13-8-15-10/h4,6,8-9H,2-3,5,7,12H2,1H3,(H,14,16). The second-order valence-corrected chi connectivity index (χ2v) is 3.75. The van der Waals surface area contributed by atoms with E-state index in [0.29, 0.717) is 13.1 Å². The van der Waals surface area contributed by atoms with E-state index in [1.165, 1.54) is 6.33 Å². The molecule has 0 saturated carbocycles. The number of amides is 1. The lowest BCUT2D eigenvalue weighted by Gasteiger charge is -2.10. The normalized spacial score (nSPS) is 12.1. The first kappa shape index (κ1) is 12.6. The van der Waals surface area contributed by atoms with Gasteiger partial charge in [0.25, 0.3) is 0 Å². The first-order valence-corrected chi connectivity index (χ1v) is 5.46. The fourth-order valence-electron chi connectivity index (χ4n) is 1.33. The summed E-state index contributed by atoms with van der Waals surface area (Å²) in [6.07, 6.45) is 4.83. The molecule has 1 aromatic rings. The number of rotatable bonds is 6. The molecule has 1 rings (SSSR count). The Morgan fingerprint density at radius 2 is 2.44 bits per heavy atom. The predicted molar refractivity (Wildman–Crippen MR) is 61.3 cm³/mol. The van der Waals surface area contributed by atoms with Crippen LogP contribution in [0.25, 0.3) is 0 Å². The van der Waals surface area contributed by atoms with Crippen molar-refractivity contribution in [3.8, 4) is 0 Å². The second kappa shape index (κ2) is 6.90. The van der Waals surface area contributed by atoms with Crippen LogP contribution in [0.4, 0.5) is 0 Å². The highest BCUT2D eigenvalue weighted by molar-refractivity contribution is 5.78. The van der Waals surface area contributed by atoms with Gasteiger partial charge in [-0.15, -0.1) is 0 Å². The Morgan fingerprint density at radius 3 is 3.06 bits per heavy atom. The van der Waals surface area contributed by atoms with Crippen molar-refractivity contribution in [1.29, 1.82) is 0 Å². The minimum absolute atomic E-state index is 0.00499. The van der Waals surface area contributed by atoms with Gasteiger partial charge in [0.2, 0.25) is 5.91 Å². The molecule has 1 heterocycles. The zero-order valence-corrected chi connectivity index (χ0v) is 9.52. The lowest BCUT2D eigenvalue weighted by atomic mass is 10.1. The van der Waals surface area contributed by atoms with E-state index in [4.69, 9.17) is 5.73 Å². The van der Waals surface area contributed by atoms with Crippen molar-refractivity contribution in [2.45, 2.75) is 26.3 Å². The maximum absolute atomic E-state index is 11.6. The van der Waals surface area contributed by atoms with Crippen molar-refractivity contribution in [2.75, 3.05) is 6.54 Å². The first-order valence-electron chi connectivity index (χ1n) is 5.46. The third-order valence-electron chi connectivity index (χ3n) is 2.38. The number of nitrogens with zero attached hydrogens (tertiary/aromatic N) is 2. The van der Waals surface area contributed by atoms with E-state index in [1.807, 2.05) is 6.92 Å². The summed E-state index contributed by atoms with van der Waals surface area (Å²) in [5.41, 5.74) is 6.21. The summed E-state index contributed by atoms with van der Waals surface area (Å²) in [6, 6.07) is 1.78. The highest BCUT2D eigenvalue weighted by atomic mass is 16.1. The molecular formula is C11H18N4O. The fraction of sp³-hybridized carbons (Fsp3) is 0.545. The molecule has 0 radical (unpaired) electrons. The number of hydrogen-bond acceptors (Lipinski definition) is 4. The summed E-state index contributed by atoms with van der Waals surface area (Å²) in [5, 5.41) is 2.84. The van der Waals surface area contributed by atoms with Crippen LogP contribution in [0.1, 0.15) is 25.5 Å². The van der Waals surface area contributed by atoms with Gasteiger partial charge in [0, 0.05) is 12.1 Å². The number of nitrogens with two attached hydrogens (primary N) is 1. The van der Waals surface area contributed by atoms with Gasteiger partial charge in [0.15, 0.2) is 0 Å². The predicted octanol–water partition coefficient (Wildman–Crippen LogP) is 0.468. The fourth-order valence-corrected chi connectivity index (χ4v) is 1.33. The molecule has 1 aromatic heterocycles. The monoisotopic (exact) mass is 222 g/mol. The van der Waals surface area contributed by atoms with Crippen molar-refractivity contribution in [2.24, 2.45) is 11.7 Å². The lowest BCUT2D eigenvalue weighted by molar-refractivity contribution is -0.124. The van der Waals surface area contributed by atoms with Crippen LogP contribution in [0.3, 0.4) is 0 Å². The maximum Gasteiger partial charge on any atom is 0.223 e. The smallest absolute Gasteiger partial charge is 0.223 e. The molecule has 0 aromatic carbocycles. The van der Waals surface area contributed by atoms with Gasteiger partial charge in [-0.1, -0.05) is 6.92 Å². The van der Waals surface area contributed by atoms with Crippen LogP contribution in [0.2, 0.25) is 0 Å². The number of carbonyl (C=O) groups is 1. The highest BCUT2D eigenvalue weighted by Crippen LogP contribution is 2.04. The van der Waals surface area contributed by atoms with E-state index < -0.39 is 0 Å². The Balaban J connectivity index is 2.29. The van der Waals surface area contributed by atoms with Crippen LogP contribution in [-0.2, 0) is 11.3 Å². The molecule has 5 heteroatoms. The molecule has 0 saturated heterocycles. The van der Waals surface area contributed by atoms with Crippen LogP contribution in [-0.4, -0.2) is 22.4 Å². The van der Waals surface area contributed by atoms with Gasteiger partial charge < -0.3 is 11.1 Å². The van der Waals surface area contributed by atoms with Gasteiger partial charge in [-0.05, 0) is 25.5 Å². The molecule has 3 N–H and O–H groups in total. The molecule has 1 unspecified atom stereocenters. The van der Waals surface area contributed by atoms with E-state index in [0.717, 1.165) is 18.5 Å². The summed E-state index contributed by atoms with van der Waals surface area (Å²) >= 11 is 0. The zero-order chi connectivity index (χ0) is 11.8. The van der Waals surface area contributed by atoms with Gasteiger partial charge in [0.05, 0.1) is 12.2 Å². The van der Waals surface area contributed by atoms with Crippen LogP contribution < -0.4 is 11.1 Å². The summed E-state index contributed by atoms with van der Waals surface area (Å²) in [7, 11) is 0. The largest absolute Gasteiger partial charge is 0.350 e. The second-order valence-electron chi connectivity index (χ2n) is 3.75. The Kier molecular flexibility index (Phi) is 5.42. The zero-order valence-electron chi connectivity index (χ0n) is 9.52. The van der Waals surface area contributed by atoms with Gasteiger partial charge in [-0.3, -0.25) is 4.79 Å². The molecular weight excluding hydrogens is 204 g/mol. The SMILES string of the molecule is CC(CCCN)C(=O)NCc1ccncn1. The van der Waals surface area contributed by atoms with Gasteiger partial charge in [0.1, 0.15) is 6.33 Å². The van der Waals surface area contributed by atoms with Gasteiger partial charge in [-0.25, -0.2) is 9.97 Å². The average molecular weight is 222 g/mol. The number of aromatic nitrogens is 2.